The fraction of sp³-hybridized carbons (Fsp3) is 0.227. The van der Waals surface area contributed by atoms with Gasteiger partial charge < -0.3 is 4.98 Å². The molecule has 1 atom stereocenters. The van der Waals surface area contributed by atoms with E-state index in [0.717, 1.165) is 11.1 Å². The van der Waals surface area contributed by atoms with Crippen LogP contribution >= 0.6 is 0 Å². The van der Waals surface area contributed by atoms with Crippen molar-refractivity contribution in [2.45, 2.75) is 32.7 Å². The Balaban J connectivity index is 1.90. The van der Waals surface area contributed by atoms with Crippen LogP contribution in [0.1, 0.15) is 43.9 Å². The highest BCUT2D eigenvalue weighted by molar-refractivity contribution is 5.74. The summed E-state index contributed by atoms with van der Waals surface area (Å²) in [6, 6.07) is 18.0. The molecule has 5 nitrogen and oxygen atoms in total. The van der Waals surface area contributed by atoms with Crippen LogP contribution in [0.2, 0.25) is 0 Å². The van der Waals surface area contributed by atoms with Crippen molar-refractivity contribution in [3.05, 3.63) is 82.4 Å². The fourth-order valence-electron chi connectivity index (χ4n) is 3.49. The van der Waals surface area contributed by atoms with E-state index in [1.54, 1.807) is 10.8 Å². The van der Waals surface area contributed by atoms with Gasteiger partial charge in [-0.1, -0.05) is 68.4 Å². The molecule has 27 heavy (non-hydrogen) atoms. The smallest absolute Gasteiger partial charge is 0.303 e. The van der Waals surface area contributed by atoms with Gasteiger partial charge in [0.25, 0.3) is 0 Å². The maximum atomic E-state index is 12.6. The van der Waals surface area contributed by atoms with Gasteiger partial charge >= 0.3 is 5.69 Å². The molecule has 2 aromatic heterocycles. The second-order valence-electron chi connectivity index (χ2n) is 7.06. The average Bonchev–Trinajstić information content (AvgIpc) is 3.03. The number of rotatable bonds is 4. The van der Waals surface area contributed by atoms with Crippen LogP contribution in [-0.4, -0.2) is 19.5 Å². The van der Waals surface area contributed by atoms with Gasteiger partial charge in [-0.2, -0.15) is 0 Å². The first kappa shape index (κ1) is 17.2. The van der Waals surface area contributed by atoms with Gasteiger partial charge in [-0.3, -0.25) is 4.57 Å². The Hall–Kier alpha value is -3.21. The van der Waals surface area contributed by atoms with Crippen LogP contribution in [0.15, 0.2) is 65.6 Å². The molecular formula is C22H22N4O. The Morgan fingerprint density at radius 2 is 1.67 bits per heavy atom. The molecule has 0 spiro atoms. The molecule has 0 unspecified atom stereocenters. The molecule has 0 bridgehead atoms. The Kier molecular flexibility index (Phi) is 4.36. The third-order valence-electron chi connectivity index (χ3n) is 4.95. The number of nitrogens with one attached hydrogen (secondary N) is 1. The highest BCUT2D eigenvalue weighted by Crippen LogP contribution is 2.28. The predicted molar refractivity (Wildman–Crippen MR) is 108 cm³/mol. The molecule has 0 radical (unpaired) electrons. The zero-order valence-electron chi connectivity index (χ0n) is 15.7. The van der Waals surface area contributed by atoms with E-state index < -0.39 is 0 Å². The Morgan fingerprint density at radius 3 is 2.41 bits per heavy atom. The van der Waals surface area contributed by atoms with Gasteiger partial charge in [-0.05, 0) is 24.0 Å². The van der Waals surface area contributed by atoms with Crippen LogP contribution in [0, 0.1) is 0 Å². The van der Waals surface area contributed by atoms with E-state index in [1.807, 2.05) is 55.5 Å². The van der Waals surface area contributed by atoms with Crippen molar-refractivity contribution in [1.82, 2.24) is 19.5 Å². The van der Waals surface area contributed by atoms with Gasteiger partial charge in [0.2, 0.25) is 0 Å². The lowest BCUT2D eigenvalue weighted by molar-refractivity contribution is 0.630. The van der Waals surface area contributed by atoms with Crippen molar-refractivity contribution >= 4 is 11.2 Å². The van der Waals surface area contributed by atoms with Crippen LogP contribution in [0.4, 0.5) is 0 Å². The number of imidazole rings is 1. The van der Waals surface area contributed by atoms with Crippen LogP contribution in [-0.2, 0) is 0 Å². The minimum atomic E-state index is -0.176. The summed E-state index contributed by atoms with van der Waals surface area (Å²) in [6.07, 6.45) is 1.70. The van der Waals surface area contributed by atoms with E-state index in [2.05, 4.69) is 29.9 Å². The van der Waals surface area contributed by atoms with Crippen LogP contribution in [0.5, 0.6) is 0 Å². The van der Waals surface area contributed by atoms with Gasteiger partial charge in [0.15, 0.2) is 11.5 Å². The van der Waals surface area contributed by atoms with E-state index in [9.17, 15) is 4.79 Å². The third-order valence-corrected chi connectivity index (χ3v) is 4.95. The molecule has 0 fully saturated rings. The molecule has 2 heterocycles. The zero-order chi connectivity index (χ0) is 19.0. The number of hydrogen-bond acceptors (Lipinski definition) is 3. The molecule has 0 aliphatic rings. The Bertz CT molecular complexity index is 1140. The maximum Gasteiger partial charge on any atom is 0.328 e. The minimum absolute atomic E-state index is 0.129. The summed E-state index contributed by atoms with van der Waals surface area (Å²) < 4.78 is 1.70. The van der Waals surface area contributed by atoms with Crippen molar-refractivity contribution in [3.8, 4) is 11.4 Å². The van der Waals surface area contributed by atoms with Gasteiger partial charge in [-0.15, -0.1) is 0 Å². The number of hydrogen-bond donors (Lipinski definition) is 1. The molecular weight excluding hydrogens is 336 g/mol. The van der Waals surface area contributed by atoms with E-state index >= 15 is 0 Å². The predicted octanol–water partition coefficient (Wildman–Crippen LogP) is 4.52. The lowest BCUT2D eigenvalue weighted by Crippen LogP contribution is -2.21. The van der Waals surface area contributed by atoms with E-state index in [-0.39, 0.29) is 11.7 Å². The van der Waals surface area contributed by atoms with Crippen LogP contribution in [0.3, 0.4) is 0 Å². The first-order valence-corrected chi connectivity index (χ1v) is 9.17. The Morgan fingerprint density at radius 1 is 0.963 bits per heavy atom. The molecule has 4 rings (SSSR count). The van der Waals surface area contributed by atoms with Crippen LogP contribution < -0.4 is 5.69 Å². The quantitative estimate of drug-likeness (QED) is 0.583. The number of fused-ring (bicyclic) bond motifs is 1. The summed E-state index contributed by atoms with van der Waals surface area (Å²) >= 11 is 0. The number of benzene rings is 2. The summed E-state index contributed by atoms with van der Waals surface area (Å²) in [7, 11) is 0. The lowest BCUT2D eigenvalue weighted by Gasteiger charge is -2.14. The van der Waals surface area contributed by atoms with E-state index in [1.165, 1.54) is 5.56 Å². The minimum Gasteiger partial charge on any atom is -0.303 e. The number of nitrogens with zero attached hydrogens (tertiary/aromatic N) is 3. The third kappa shape index (κ3) is 3.05. The Labute approximate surface area is 157 Å². The maximum absolute atomic E-state index is 12.6. The zero-order valence-corrected chi connectivity index (χ0v) is 15.7. The topological polar surface area (TPSA) is 63.6 Å². The normalized spacial score (nSPS) is 12.6. The molecule has 2 aromatic carbocycles. The first-order valence-electron chi connectivity index (χ1n) is 9.17. The molecule has 136 valence electrons. The number of aromatic amines is 1. The van der Waals surface area contributed by atoms with Crippen molar-refractivity contribution in [1.29, 1.82) is 0 Å². The van der Waals surface area contributed by atoms with Gasteiger partial charge in [0, 0.05) is 5.56 Å². The summed E-state index contributed by atoms with van der Waals surface area (Å²) in [6.45, 7) is 6.32. The van der Waals surface area contributed by atoms with Gasteiger partial charge in [0.05, 0.1) is 12.2 Å². The lowest BCUT2D eigenvalue weighted by atomic mass is 9.97. The molecule has 4 aromatic rings. The molecule has 0 amide bonds. The van der Waals surface area contributed by atoms with Crippen molar-refractivity contribution in [3.63, 3.8) is 0 Å². The molecule has 0 saturated carbocycles. The monoisotopic (exact) mass is 358 g/mol. The van der Waals surface area contributed by atoms with E-state index in [0.29, 0.717) is 22.9 Å². The summed E-state index contributed by atoms with van der Waals surface area (Å²) in [5.74, 6) is 0.997. The first-order chi connectivity index (χ1) is 13.1. The van der Waals surface area contributed by atoms with Crippen molar-refractivity contribution in [2.24, 2.45) is 0 Å². The van der Waals surface area contributed by atoms with Crippen LogP contribution in [0.25, 0.3) is 22.6 Å². The second kappa shape index (κ2) is 6.83. The molecule has 0 saturated heterocycles. The standard InChI is InChI=1S/C22H22N4O/c1-14(2)17-11-7-8-12-18(17)20-23-13-19-21(25-20)26(22(27)24-19)15(3)16-9-5-4-6-10-16/h4-15H,1-3H3,(H,24,27)/t15-/m1/s1. The van der Waals surface area contributed by atoms with Crippen molar-refractivity contribution in [2.75, 3.05) is 0 Å². The SMILES string of the molecule is CC(C)c1ccccc1-c1ncc2[nH]c(=O)n([C@H](C)c3ccccc3)c2n1. The molecule has 1 N–H and O–H groups in total. The average molecular weight is 358 g/mol. The van der Waals surface area contributed by atoms with Crippen molar-refractivity contribution < 1.29 is 0 Å². The fourth-order valence-corrected chi connectivity index (χ4v) is 3.49. The summed E-state index contributed by atoms with van der Waals surface area (Å²) in [5, 5.41) is 0. The number of aromatic nitrogens is 4. The largest absolute Gasteiger partial charge is 0.328 e. The highest BCUT2D eigenvalue weighted by Gasteiger charge is 2.18. The molecule has 0 aliphatic heterocycles. The summed E-state index contributed by atoms with van der Waals surface area (Å²) in [5.41, 5.74) is 4.35. The molecule has 0 aliphatic carbocycles. The number of H-pyrrole nitrogens is 1. The summed E-state index contributed by atoms with van der Waals surface area (Å²) in [4.78, 5) is 24.8. The highest BCUT2D eigenvalue weighted by atomic mass is 16.1. The molecule has 5 heteroatoms. The second-order valence-corrected chi connectivity index (χ2v) is 7.06. The van der Waals surface area contributed by atoms with E-state index in [4.69, 9.17) is 4.98 Å². The van der Waals surface area contributed by atoms with Gasteiger partial charge in [-0.25, -0.2) is 14.8 Å². The van der Waals surface area contributed by atoms with Gasteiger partial charge in [0.1, 0.15) is 5.52 Å².